The maximum Gasteiger partial charge on any atom is 0.316 e. The lowest BCUT2D eigenvalue weighted by Crippen LogP contribution is -2.03. The van der Waals surface area contributed by atoms with Gasteiger partial charge in [-0.25, -0.2) is 0 Å². The van der Waals surface area contributed by atoms with Crippen molar-refractivity contribution in [1.82, 2.24) is 20.0 Å². The highest BCUT2D eigenvalue weighted by molar-refractivity contribution is 5.69. The Morgan fingerprint density at radius 2 is 1.93 bits per heavy atom. The van der Waals surface area contributed by atoms with Crippen LogP contribution in [0.1, 0.15) is 35.6 Å². The lowest BCUT2D eigenvalue weighted by atomic mass is 9.91. The van der Waals surface area contributed by atoms with Crippen LogP contribution in [-0.4, -0.2) is 39.1 Å². The molecule has 1 aliphatic carbocycles. The number of aryl methyl sites for hydroxylation is 1. The number of aromatic nitrogens is 4. The van der Waals surface area contributed by atoms with Crippen molar-refractivity contribution in [3.63, 3.8) is 0 Å². The molecule has 2 heterocycles. The molecule has 0 saturated heterocycles. The van der Waals surface area contributed by atoms with E-state index in [1.54, 1.807) is 21.3 Å². The molecule has 2 aromatic heterocycles. The molecule has 0 aliphatic heterocycles. The van der Waals surface area contributed by atoms with Gasteiger partial charge in [0.25, 0.3) is 0 Å². The van der Waals surface area contributed by atoms with E-state index in [9.17, 15) is 10.1 Å². The van der Waals surface area contributed by atoms with Crippen molar-refractivity contribution in [1.29, 1.82) is 0 Å². The van der Waals surface area contributed by atoms with E-state index in [2.05, 4.69) is 15.3 Å². The third kappa shape index (κ3) is 3.55. The molecule has 3 aromatic rings. The number of methoxy groups -OCH3 is 2. The highest BCUT2D eigenvalue weighted by atomic mass is 16.6. The van der Waals surface area contributed by atoms with Crippen LogP contribution in [0, 0.1) is 10.1 Å². The largest absolute Gasteiger partial charge is 0.497 e. The smallest absolute Gasteiger partial charge is 0.316 e. The van der Waals surface area contributed by atoms with Crippen molar-refractivity contribution in [3.8, 4) is 22.9 Å². The summed E-state index contributed by atoms with van der Waals surface area (Å²) in [4.78, 5) is 11.0. The average molecular weight is 397 g/mol. The summed E-state index contributed by atoms with van der Waals surface area (Å²) in [5, 5.41) is 23.2. The van der Waals surface area contributed by atoms with Crippen LogP contribution in [0.15, 0.2) is 24.4 Å². The number of aromatic amines is 1. The standard InChI is InChI=1S/C20H23N5O4/c1-24-11-18(25(26)27)20(23-24)19-16-6-4-5-12(9-17(16)21-22-19)13-7-14(28-2)10-15(8-13)29-3/h7-8,10-12H,4-6,9H2,1-3H3,(H,21,22). The molecule has 29 heavy (non-hydrogen) atoms. The van der Waals surface area contributed by atoms with Crippen LogP contribution in [0.5, 0.6) is 11.5 Å². The van der Waals surface area contributed by atoms with Gasteiger partial charge in [-0.2, -0.15) is 10.2 Å². The topological polar surface area (TPSA) is 108 Å². The zero-order valence-corrected chi connectivity index (χ0v) is 16.6. The SMILES string of the molecule is COc1cc(OC)cc(C2CCCc3c(-c4nn(C)cc4[N+](=O)[O-])n[nH]c3C2)c1. The Labute approximate surface area is 167 Å². The van der Waals surface area contributed by atoms with Crippen molar-refractivity contribution in [3.05, 3.63) is 51.3 Å². The summed E-state index contributed by atoms with van der Waals surface area (Å²) in [6.07, 6.45) is 4.91. The average Bonchev–Trinajstić information content (AvgIpc) is 3.23. The first kappa shape index (κ1) is 19.0. The molecule has 1 N–H and O–H groups in total. The van der Waals surface area contributed by atoms with Crippen molar-refractivity contribution in [2.24, 2.45) is 7.05 Å². The number of benzene rings is 1. The monoisotopic (exact) mass is 397 g/mol. The molecular formula is C20H23N5O4. The molecule has 0 spiro atoms. The highest BCUT2D eigenvalue weighted by Crippen LogP contribution is 2.38. The summed E-state index contributed by atoms with van der Waals surface area (Å²) in [5.41, 5.74) is 4.04. The molecule has 152 valence electrons. The molecule has 0 amide bonds. The van der Waals surface area contributed by atoms with Crippen molar-refractivity contribution < 1.29 is 14.4 Å². The van der Waals surface area contributed by atoms with Crippen LogP contribution in [0.4, 0.5) is 5.69 Å². The van der Waals surface area contributed by atoms with Crippen LogP contribution < -0.4 is 9.47 Å². The fraction of sp³-hybridized carbons (Fsp3) is 0.400. The predicted molar refractivity (Wildman–Crippen MR) is 106 cm³/mol. The molecule has 1 aliphatic rings. The van der Waals surface area contributed by atoms with E-state index < -0.39 is 4.92 Å². The Morgan fingerprint density at radius 1 is 1.21 bits per heavy atom. The fourth-order valence-corrected chi connectivity index (χ4v) is 4.04. The summed E-state index contributed by atoms with van der Waals surface area (Å²) in [5.74, 6) is 1.80. The predicted octanol–water partition coefficient (Wildman–Crippen LogP) is 3.40. The number of rotatable bonds is 5. The minimum Gasteiger partial charge on any atom is -0.497 e. The van der Waals surface area contributed by atoms with E-state index in [-0.39, 0.29) is 11.6 Å². The lowest BCUT2D eigenvalue weighted by Gasteiger charge is -2.17. The van der Waals surface area contributed by atoms with Crippen molar-refractivity contribution >= 4 is 5.69 Å². The van der Waals surface area contributed by atoms with Gasteiger partial charge in [0.15, 0.2) is 5.69 Å². The zero-order chi connectivity index (χ0) is 20.5. The maximum atomic E-state index is 11.4. The van der Waals surface area contributed by atoms with Gasteiger partial charge in [-0.05, 0) is 49.3 Å². The molecule has 9 nitrogen and oxygen atoms in total. The van der Waals surface area contributed by atoms with Gasteiger partial charge in [0.1, 0.15) is 23.4 Å². The molecular weight excluding hydrogens is 374 g/mol. The van der Waals surface area contributed by atoms with Crippen LogP contribution in [-0.2, 0) is 19.9 Å². The zero-order valence-electron chi connectivity index (χ0n) is 16.6. The van der Waals surface area contributed by atoms with E-state index in [4.69, 9.17) is 9.47 Å². The van der Waals surface area contributed by atoms with Crippen LogP contribution >= 0.6 is 0 Å². The van der Waals surface area contributed by atoms with Gasteiger partial charge >= 0.3 is 5.69 Å². The van der Waals surface area contributed by atoms with Crippen LogP contribution in [0.25, 0.3) is 11.4 Å². The number of nitro groups is 1. The first-order chi connectivity index (χ1) is 14.0. The Bertz CT molecular complexity index is 1030. The Hall–Kier alpha value is -3.36. The minimum atomic E-state index is -0.411. The van der Waals surface area contributed by atoms with E-state index in [1.807, 2.05) is 18.2 Å². The van der Waals surface area contributed by atoms with Crippen molar-refractivity contribution in [2.45, 2.75) is 31.6 Å². The molecule has 0 radical (unpaired) electrons. The summed E-state index contributed by atoms with van der Waals surface area (Å²) in [7, 11) is 4.96. The van der Waals surface area contributed by atoms with Crippen molar-refractivity contribution in [2.75, 3.05) is 14.2 Å². The van der Waals surface area contributed by atoms with Crippen LogP contribution in [0.2, 0.25) is 0 Å². The van der Waals surface area contributed by atoms with E-state index in [0.717, 1.165) is 54.0 Å². The second kappa shape index (κ2) is 7.57. The molecule has 1 aromatic carbocycles. The Kier molecular flexibility index (Phi) is 4.96. The first-order valence-corrected chi connectivity index (χ1v) is 9.47. The number of H-pyrrole nitrogens is 1. The summed E-state index contributed by atoms with van der Waals surface area (Å²) in [6, 6.07) is 5.94. The third-order valence-corrected chi connectivity index (χ3v) is 5.46. The third-order valence-electron chi connectivity index (χ3n) is 5.46. The van der Waals surface area contributed by atoms with Gasteiger partial charge < -0.3 is 9.47 Å². The highest BCUT2D eigenvalue weighted by Gasteiger charge is 2.29. The number of nitrogens with zero attached hydrogens (tertiary/aromatic N) is 4. The van der Waals surface area contributed by atoms with Gasteiger partial charge in [-0.15, -0.1) is 0 Å². The molecule has 0 bridgehead atoms. The second-order valence-electron chi connectivity index (χ2n) is 7.26. The summed E-state index contributed by atoms with van der Waals surface area (Å²) >= 11 is 0. The molecule has 9 heteroatoms. The molecule has 1 unspecified atom stereocenters. The minimum absolute atomic E-state index is 0.0277. The lowest BCUT2D eigenvalue weighted by molar-refractivity contribution is -0.384. The number of hydrogen-bond donors (Lipinski definition) is 1. The molecule has 0 saturated carbocycles. The van der Waals surface area contributed by atoms with Gasteiger partial charge in [0.2, 0.25) is 0 Å². The molecule has 1 atom stereocenters. The maximum absolute atomic E-state index is 11.4. The first-order valence-electron chi connectivity index (χ1n) is 9.47. The summed E-state index contributed by atoms with van der Waals surface area (Å²) < 4.78 is 12.3. The Morgan fingerprint density at radius 3 is 2.59 bits per heavy atom. The molecule has 4 rings (SSSR count). The molecule has 0 fully saturated rings. The normalized spacial score (nSPS) is 16.2. The number of ether oxygens (including phenoxy) is 2. The van der Waals surface area contributed by atoms with E-state index in [1.165, 1.54) is 10.9 Å². The number of nitrogens with one attached hydrogen (secondary N) is 1. The number of hydrogen-bond acceptors (Lipinski definition) is 6. The second-order valence-corrected chi connectivity index (χ2v) is 7.26. The van der Waals surface area contributed by atoms with E-state index >= 15 is 0 Å². The van der Waals surface area contributed by atoms with Gasteiger partial charge in [0, 0.05) is 24.4 Å². The number of fused-ring (bicyclic) bond motifs is 1. The van der Waals surface area contributed by atoms with E-state index in [0.29, 0.717) is 11.4 Å². The Balaban J connectivity index is 1.70. The van der Waals surface area contributed by atoms with Gasteiger partial charge in [-0.1, -0.05) is 0 Å². The van der Waals surface area contributed by atoms with Gasteiger partial charge in [0.05, 0.1) is 19.1 Å². The fourth-order valence-electron chi connectivity index (χ4n) is 4.04. The quantitative estimate of drug-likeness (QED) is 0.402. The van der Waals surface area contributed by atoms with Gasteiger partial charge in [-0.3, -0.25) is 19.9 Å². The van der Waals surface area contributed by atoms with Crippen LogP contribution in [0.3, 0.4) is 0 Å². The summed E-state index contributed by atoms with van der Waals surface area (Å²) in [6.45, 7) is 0.